The monoisotopic (exact) mass is 607 g/mol. The number of anilines is 1. The van der Waals surface area contributed by atoms with Crippen molar-refractivity contribution >= 4 is 39.1 Å². The van der Waals surface area contributed by atoms with Crippen LogP contribution < -0.4 is 9.62 Å². The summed E-state index contributed by atoms with van der Waals surface area (Å²) in [5, 5.41) is 2.92. The Morgan fingerprint density at radius 3 is 2.14 bits per heavy atom. The van der Waals surface area contributed by atoms with E-state index in [1.807, 2.05) is 30.3 Å². The number of nitrogens with zero attached hydrogens (tertiary/aromatic N) is 2. The van der Waals surface area contributed by atoms with Gasteiger partial charge in [0.25, 0.3) is 10.0 Å². The number of amides is 2. The maximum Gasteiger partial charge on any atom is 0.264 e. The van der Waals surface area contributed by atoms with Crippen LogP contribution in [0.3, 0.4) is 0 Å². The molecular weight excluding hydrogens is 577 g/mol. The lowest BCUT2D eigenvalue weighted by atomic mass is 10.0. The van der Waals surface area contributed by atoms with Crippen molar-refractivity contribution < 1.29 is 22.4 Å². The first kappa shape index (κ1) is 30.7. The number of aryl methyl sites for hydroxylation is 1. The van der Waals surface area contributed by atoms with Crippen LogP contribution >= 0.6 is 11.6 Å². The molecule has 10 heteroatoms. The van der Waals surface area contributed by atoms with E-state index in [-0.39, 0.29) is 29.1 Å². The molecule has 4 rings (SSSR count). The third kappa shape index (κ3) is 7.16. The molecule has 0 unspecified atom stereocenters. The van der Waals surface area contributed by atoms with Crippen molar-refractivity contribution in [3.8, 4) is 0 Å². The van der Waals surface area contributed by atoms with Gasteiger partial charge in [0.15, 0.2) is 0 Å². The molecule has 0 bridgehead atoms. The van der Waals surface area contributed by atoms with Crippen molar-refractivity contribution in [3.05, 3.63) is 131 Å². The van der Waals surface area contributed by atoms with Gasteiger partial charge in [-0.1, -0.05) is 84.4 Å². The lowest BCUT2D eigenvalue weighted by Gasteiger charge is -2.33. The van der Waals surface area contributed by atoms with E-state index in [1.165, 1.54) is 48.3 Å². The summed E-state index contributed by atoms with van der Waals surface area (Å²) in [5.74, 6) is -1.72. The average molecular weight is 608 g/mol. The zero-order chi connectivity index (χ0) is 30.3. The third-order valence-electron chi connectivity index (χ3n) is 6.87. The second-order valence-electron chi connectivity index (χ2n) is 9.69. The molecule has 0 spiro atoms. The topological polar surface area (TPSA) is 86.8 Å². The molecule has 42 heavy (non-hydrogen) atoms. The Labute approximate surface area is 250 Å². The van der Waals surface area contributed by atoms with Gasteiger partial charge in [-0.15, -0.1) is 0 Å². The van der Waals surface area contributed by atoms with Crippen LogP contribution in [-0.4, -0.2) is 44.8 Å². The molecule has 1 N–H and O–H groups in total. The molecule has 0 aliphatic rings. The highest BCUT2D eigenvalue weighted by atomic mass is 35.5. The average Bonchev–Trinajstić information content (AvgIpc) is 3.00. The number of hydrogen-bond acceptors (Lipinski definition) is 4. The Morgan fingerprint density at radius 1 is 0.905 bits per heavy atom. The second kappa shape index (κ2) is 13.6. The Kier molecular flexibility index (Phi) is 9.98. The van der Waals surface area contributed by atoms with Crippen LogP contribution in [0.5, 0.6) is 0 Å². The predicted molar refractivity (Wildman–Crippen MR) is 162 cm³/mol. The summed E-state index contributed by atoms with van der Waals surface area (Å²) in [6.45, 7) is 0.860. The maximum absolute atomic E-state index is 14.8. The van der Waals surface area contributed by atoms with Gasteiger partial charge in [-0.05, 0) is 48.4 Å². The molecule has 2 amide bonds. The van der Waals surface area contributed by atoms with Crippen LogP contribution in [0.2, 0.25) is 5.02 Å². The van der Waals surface area contributed by atoms with Gasteiger partial charge in [0.2, 0.25) is 11.8 Å². The molecule has 0 fully saturated rings. The summed E-state index contributed by atoms with van der Waals surface area (Å²) >= 11 is 6.37. The van der Waals surface area contributed by atoms with Gasteiger partial charge in [0, 0.05) is 30.6 Å². The predicted octanol–water partition coefficient (Wildman–Crippen LogP) is 5.37. The van der Waals surface area contributed by atoms with Crippen LogP contribution in [-0.2, 0) is 32.6 Å². The molecule has 0 aliphatic heterocycles. The largest absolute Gasteiger partial charge is 0.357 e. The summed E-state index contributed by atoms with van der Waals surface area (Å²) in [5.41, 5.74) is 1.86. The van der Waals surface area contributed by atoms with Crippen molar-refractivity contribution in [1.29, 1.82) is 0 Å². The molecule has 0 heterocycles. The number of halogens is 2. The van der Waals surface area contributed by atoms with E-state index in [9.17, 15) is 22.4 Å². The number of carbonyl (C=O) groups excluding carboxylic acids is 2. The summed E-state index contributed by atoms with van der Waals surface area (Å²) in [7, 11) is -2.80. The molecule has 1 atom stereocenters. The summed E-state index contributed by atoms with van der Waals surface area (Å²) in [4.78, 5) is 28.7. The molecule has 4 aromatic carbocycles. The van der Waals surface area contributed by atoms with Crippen molar-refractivity contribution in [2.45, 2.75) is 30.8 Å². The van der Waals surface area contributed by atoms with Crippen LogP contribution in [0.1, 0.15) is 16.7 Å². The van der Waals surface area contributed by atoms with Crippen LogP contribution in [0.4, 0.5) is 10.1 Å². The number of hydrogen-bond donors (Lipinski definition) is 1. The number of carbonyl (C=O) groups is 2. The molecule has 0 aromatic heterocycles. The quantitative estimate of drug-likeness (QED) is 0.248. The highest BCUT2D eigenvalue weighted by molar-refractivity contribution is 7.92. The first-order valence-corrected chi connectivity index (χ1v) is 15.1. The molecule has 218 valence electrons. The Bertz CT molecular complexity index is 1650. The second-order valence-corrected chi connectivity index (χ2v) is 12.0. The third-order valence-corrected chi connectivity index (χ3v) is 9.06. The SMILES string of the molecule is CNC(=O)[C@H](Cc1ccccc1)N(Cc1ccccc1F)C(=O)CN(c1ccc(C)c(Cl)c1)S(=O)(=O)c1ccccc1. The normalized spacial score (nSPS) is 11.9. The Hall–Kier alpha value is -4.21. The molecular formula is C32H31ClFN3O4S. The lowest BCUT2D eigenvalue weighted by Crippen LogP contribution is -2.53. The smallest absolute Gasteiger partial charge is 0.264 e. The van der Waals surface area contributed by atoms with Crippen LogP contribution in [0.15, 0.2) is 108 Å². The van der Waals surface area contributed by atoms with Crippen molar-refractivity contribution in [1.82, 2.24) is 10.2 Å². The Morgan fingerprint density at radius 2 is 1.52 bits per heavy atom. The van der Waals surface area contributed by atoms with E-state index in [0.717, 1.165) is 15.4 Å². The van der Waals surface area contributed by atoms with E-state index >= 15 is 0 Å². The van der Waals surface area contributed by atoms with Gasteiger partial charge in [-0.2, -0.15) is 0 Å². The number of likely N-dealkylation sites (N-methyl/N-ethyl adjacent to an activating group) is 1. The fourth-order valence-electron chi connectivity index (χ4n) is 4.52. The molecule has 0 saturated carbocycles. The van der Waals surface area contributed by atoms with Gasteiger partial charge in [-0.3, -0.25) is 13.9 Å². The van der Waals surface area contributed by atoms with Gasteiger partial charge in [0.05, 0.1) is 10.6 Å². The van der Waals surface area contributed by atoms with Crippen LogP contribution in [0.25, 0.3) is 0 Å². The minimum atomic E-state index is -4.25. The first-order valence-electron chi connectivity index (χ1n) is 13.2. The fourth-order valence-corrected chi connectivity index (χ4v) is 6.12. The van der Waals surface area contributed by atoms with E-state index in [4.69, 9.17) is 11.6 Å². The van der Waals surface area contributed by atoms with Crippen molar-refractivity contribution in [2.75, 3.05) is 17.9 Å². The van der Waals surface area contributed by atoms with E-state index < -0.39 is 40.2 Å². The molecule has 0 saturated heterocycles. The van der Waals surface area contributed by atoms with Gasteiger partial charge < -0.3 is 10.2 Å². The minimum Gasteiger partial charge on any atom is -0.357 e. The summed E-state index contributed by atoms with van der Waals surface area (Å²) in [6.07, 6.45) is 0.127. The minimum absolute atomic E-state index is 0.0257. The van der Waals surface area contributed by atoms with Crippen molar-refractivity contribution in [3.63, 3.8) is 0 Å². The van der Waals surface area contributed by atoms with Crippen molar-refractivity contribution in [2.24, 2.45) is 0 Å². The van der Waals surface area contributed by atoms with Crippen LogP contribution in [0, 0.1) is 12.7 Å². The number of nitrogens with one attached hydrogen (secondary N) is 1. The number of benzene rings is 4. The zero-order valence-electron chi connectivity index (χ0n) is 23.2. The fraction of sp³-hybridized carbons (Fsp3) is 0.188. The molecule has 0 radical (unpaired) electrons. The molecule has 0 aliphatic carbocycles. The van der Waals surface area contributed by atoms with Gasteiger partial charge in [0.1, 0.15) is 18.4 Å². The lowest BCUT2D eigenvalue weighted by molar-refractivity contribution is -0.139. The summed E-state index contributed by atoms with van der Waals surface area (Å²) in [6, 6.07) is 26.4. The molecule has 4 aromatic rings. The zero-order valence-corrected chi connectivity index (χ0v) is 24.8. The van der Waals surface area contributed by atoms with E-state index in [0.29, 0.717) is 5.02 Å². The highest BCUT2D eigenvalue weighted by Gasteiger charge is 2.34. The number of rotatable bonds is 11. The van der Waals surface area contributed by atoms with Gasteiger partial charge >= 0.3 is 0 Å². The first-order chi connectivity index (χ1) is 20.1. The Balaban J connectivity index is 1.81. The van der Waals surface area contributed by atoms with E-state index in [2.05, 4.69) is 5.32 Å². The maximum atomic E-state index is 14.8. The standard InChI is InChI=1S/C32H31ClFN3O4S/c1-23-17-18-26(20-28(23)33)37(42(40,41)27-14-7-4-8-15-27)22-31(38)36(21-25-13-9-10-16-29(25)34)30(32(39)35-2)19-24-11-5-3-6-12-24/h3-18,20,30H,19,21-22H2,1-2H3,(H,35,39)/t30-/m0/s1. The van der Waals surface area contributed by atoms with Gasteiger partial charge in [-0.25, -0.2) is 12.8 Å². The highest BCUT2D eigenvalue weighted by Crippen LogP contribution is 2.29. The van der Waals surface area contributed by atoms with E-state index in [1.54, 1.807) is 43.3 Å². The summed E-state index contributed by atoms with van der Waals surface area (Å²) < 4.78 is 43.7. The molecule has 7 nitrogen and oxygen atoms in total. The number of sulfonamides is 1.